The van der Waals surface area contributed by atoms with Gasteiger partial charge >= 0.3 is 5.97 Å². The average Bonchev–Trinajstić information content (AvgIpc) is 2.71. The van der Waals surface area contributed by atoms with Gasteiger partial charge in [-0.15, -0.1) is 0 Å². The lowest BCUT2D eigenvalue weighted by atomic mass is 9.95. The Morgan fingerprint density at radius 2 is 1.29 bits per heavy atom. The van der Waals surface area contributed by atoms with E-state index in [1.54, 1.807) is 0 Å². The summed E-state index contributed by atoms with van der Waals surface area (Å²) < 4.78 is 39.3. The molecule has 1 aromatic carbocycles. The summed E-state index contributed by atoms with van der Waals surface area (Å²) >= 11 is 0. The van der Waals surface area contributed by atoms with Crippen molar-refractivity contribution in [3.63, 3.8) is 0 Å². The van der Waals surface area contributed by atoms with E-state index in [2.05, 4.69) is 13.8 Å². The summed E-state index contributed by atoms with van der Waals surface area (Å²) in [5.41, 5.74) is 1.30. The van der Waals surface area contributed by atoms with Crippen molar-refractivity contribution in [3.8, 4) is 5.75 Å². The Hall–Kier alpha value is -1.60. The first-order valence-electron chi connectivity index (χ1n) is 11.8. The zero-order valence-electron chi connectivity index (χ0n) is 19.2. The second-order valence-corrected chi connectivity index (χ2v) is 9.60. The first-order chi connectivity index (χ1) is 14.8. The molecule has 31 heavy (non-hydrogen) atoms. The highest BCUT2D eigenvalue weighted by Crippen LogP contribution is 2.32. The summed E-state index contributed by atoms with van der Waals surface area (Å²) in [4.78, 5) is 10.9. The van der Waals surface area contributed by atoms with E-state index in [1.807, 2.05) is 0 Å². The number of rotatable bonds is 18. The van der Waals surface area contributed by atoms with Crippen LogP contribution in [0, 0.1) is 0 Å². The summed E-state index contributed by atoms with van der Waals surface area (Å²) in [5, 5.41) is 9.00. The second kappa shape index (κ2) is 15.2. The van der Waals surface area contributed by atoms with Gasteiger partial charge in [0.25, 0.3) is 10.1 Å². The van der Waals surface area contributed by atoms with Gasteiger partial charge < -0.3 is 9.84 Å². The van der Waals surface area contributed by atoms with Crippen LogP contribution in [0.5, 0.6) is 5.75 Å². The molecule has 0 amide bonds. The molecular weight excluding hydrogens is 416 g/mol. The maximum atomic E-state index is 12.0. The zero-order valence-corrected chi connectivity index (χ0v) is 20.0. The number of hydrogen-bond acceptors (Lipinski definition) is 4. The van der Waals surface area contributed by atoms with E-state index in [-0.39, 0.29) is 4.90 Å². The fourth-order valence-corrected chi connectivity index (χ4v) is 4.66. The van der Waals surface area contributed by atoms with Gasteiger partial charge in [0.15, 0.2) is 6.61 Å². The molecule has 6 nitrogen and oxygen atoms in total. The van der Waals surface area contributed by atoms with Gasteiger partial charge in [-0.1, -0.05) is 78.1 Å². The van der Waals surface area contributed by atoms with E-state index in [4.69, 9.17) is 9.84 Å². The SMILES string of the molecule is CCCCCCCCc1c(OCC(=O)O)ccc(S(=O)(=O)O)c1CCCCCCCC. The molecule has 0 aromatic heterocycles. The van der Waals surface area contributed by atoms with Crippen molar-refractivity contribution in [1.29, 1.82) is 0 Å². The molecule has 7 heteroatoms. The van der Waals surface area contributed by atoms with Crippen molar-refractivity contribution in [3.05, 3.63) is 23.3 Å². The molecule has 0 aliphatic rings. The van der Waals surface area contributed by atoms with Crippen LogP contribution in [0.2, 0.25) is 0 Å². The Bertz CT molecular complexity index is 758. The molecule has 0 saturated heterocycles. The second-order valence-electron chi connectivity index (χ2n) is 8.21. The maximum Gasteiger partial charge on any atom is 0.341 e. The van der Waals surface area contributed by atoms with Crippen LogP contribution >= 0.6 is 0 Å². The minimum absolute atomic E-state index is 0.0790. The van der Waals surface area contributed by atoms with Gasteiger partial charge in [0.05, 0.1) is 4.90 Å². The summed E-state index contributed by atoms with van der Waals surface area (Å²) in [6.45, 7) is 3.85. The van der Waals surface area contributed by atoms with Crippen LogP contribution in [0.4, 0.5) is 0 Å². The molecular formula is C24H40O6S. The molecule has 1 rings (SSSR count). The van der Waals surface area contributed by atoms with E-state index in [0.29, 0.717) is 24.2 Å². The van der Waals surface area contributed by atoms with Crippen LogP contribution in [-0.2, 0) is 27.8 Å². The molecule has 0 aliphatic heterocycles. The third-order valence-electron chi connectivity index (χ3n) is 5.53. The van der Waals surface area contributed by atoms with E-state index >= 15 is 0 Å². The van der Waals surface area contributed by atoms with Crippen LogP contribution in [-0.4, -0.2) is 30.7 Å². The van der Waals surface area contributed by atoms with Gasteiger partial charge in [0, 0.05) is 0 Å². The highest BCUT2D eigenvalue weighted by Gasteiger charge is 2.22. The molecule has 0 fully saturated rings. The smallest absolute Gasteiger partial charge is 0.341 e. The summed E-state index contributed by atoms with van der Waals surface area (Å²) in [7, 11) is -4.37. The van der Waals surface area contributed by atoms with Gasteiger partial charge in [-0.3, -0.25) is 4.55 Å². The monoisotopic (exact) mass is 456 g/mol. The molecule has 0 spiro atoms. The first kappa shape index (κ1) is 27.4. The summed E-state index contributed by atoms with van der Waals surface area (Å²) in [5.74, 6) is -0.675. The van der Waals surface area contributed by atoms with Crippen molar-refractivity contribution in [2.24, 2.45) is 0 Å². The maximum absolute atomic E-state index is 12.0. The molecule has 0 heterocycles. The lowest BCUT2D eigenvalue weighted by molar-refractivity contribution is -0.139. The van der Waals surface area contributed by atoms with Gasteiger partial charge in [-0.05, 0) is 48.9 Å². The van der Waals surface area contributed by atoms with E-state index < -0.39 is 22.7 Å². The van der Waals surface area contributed by atoms with Crippen molar-refractivity contribution < 1.29 is 27.6 Å². The lowest BCUT2D eigenvalue weighted by Gasteiger charge is -2.18. The van der Waals surface area contributed by atoms with Crippen LogP contribution in [0.25, 0.3) is 0 Å². The van der Waals surface area contributed by atoms with Gasteiger partial charge in [-0.2, -0.15) is 8.42 Å². The third kappa shape index (κ3) is 11.0. The molecule has 0 bridgehead atoms. The minimum atomic E-state index is -4.37. The lowest BCUT2D eigenvalue weighted by Crippen LogP contribution is -2.13. The highest BCUT2D eigenvalue weighted by atomic mass is 32.2. The minimum Gasteiger partial charge on any atom is -0.482 e. The summed E-state index contributed by atoms with van der Waals surface area (Å²) in [6.07, 6.45) is 14.1. The van der Waals surface area contributed by atoms with Crippen LogP contribution in [0.15, 0.2) is 17.0 Å². The number of carbonyl (C=O) groups is 1. The molecule has 0 radical (unpaired) electrons. The predicted molar refractivity (Wildman–Crippen MR) is 124 cm³/mol. The van der Waals surface area contributed by atoms with Gasteiger partial charge in [-0.25, -0.2) is 4.79 Å². The topological polar surface area (TPSA) is 101 Å². The fraction of sp³-hybridized carbons (Fsp3) is 0.708. The molecule has 0 atom stereocenters. The Morgan fingerprint density at radius 3 is 1.77 bits per heavy atom. The molecule has 0 aliphatic carbocycles. The van der Waals surface area contributed by atoms with Crippen LogP contribution in [0.3, 0.4) is 0 Å². The Kier molecular flexibility index (Phi) is 13.5. The fourth-order valence-electron chi connectivity index (χ4n) is 3.88. The molecule has 0 saturated carbocycles. The summed E-state index contributed by atoms with van der Waals surface area (Å²) in [6, 6.07) is 2.81. The number of unbranched alkanes of at least 4 members (excludes halogenated alkanes) is 10. The van der Waals surface area contributed by atoms with Crippen LogP contribution < -0.4 is 4.74 Å². The van der Waals surface area contributed by atoms with Gasteiger partial charge in [0.2, 0.25) is 0 Å². The quantitative estimate of drug-likeness (QED) is 0.201. The van der Waals surface area contributed by atoms with Crippen molar-refractivity contribution in [2.75, 3.05) is 6.61 Å². The molecule has 0 unspecified atom stereocenters. The van der Waals surface area contributed by atoms with Crippen molar-refractivity contribution in [1.82, 2.24) is 0 Å². The third-order valence-corrected chi connectivity index (χ3v) is 6.47. The number of carboxylic acids is 1. The number of carboxylic acid groups (broad SMARTS) is 1. The Labute approximate surface area is 188 Å². The van der Waals surface area contributed by atoms with Crippen molar-refractivity contribution >= 4 is 16.1 Å². The molecule has 2 N–H and O–H groups in total. The number of hydrogen-bond donors (Lipinski definition) is 2. The van der Waals surface area contributed by atoms with Gasteiger partial charge in [0.1, 0.15) is 5.75 Å². The van der Waals surface area contributed by atoms with E-state index in [9.17, 15) is 17.8 Å². The number of ether oxygens (including phenoxy) is 1. The van der Waals surface area contributed by atoms with Crippen LogP contribution in [0.1, 0.15) is 102 Å². The Balaban J connectivity index is 3.05. The molecule has 1 aromatic rings. The first-order valence-corrected chi connectivity index (χ1v) is 13.2. The predicted octanol–water partition coefficient (Wildman–Crippen LogP) is 6.20. The van der Waals surface area contributed by atoms with Crippen molar-refractivity contribution in [2.45, 2.75) is 109 Å². The van der Waals surface area contributed by atoms with E-state index in [1.165, 1.54) is 37.8 Å². The standard InChI is InChI=1S/C24H40O6S/c1-3-5-7-9-11-13-15-20-21(16-14-12-10-8-6-4-2)23(31(27,28)29)18-17-22(20)30-19-24(25)26/h17-18H,3-16,19H2,1-2H3,(H,25,26)(H,27,28,29). The Morgan fingerprint density at radius 1 is 0.806 bits per heavy atom. The largest absolute Gasteiger partial charge is 0.482 e. The number of aliphatic carboxylic acids is 1. The normalized spacial score (nSPS) is 11.6. The van der Waals surface area contributed by atoms with E-state index in [0.717, 1.165) is 56.9 Å². The zero-order chi connectivity index (χ0) is 23.1. The molecule has 178 valence electrons. The highest BCUT2D eigenvalue weighted by molar-refractivity contribution is 7.85. The number of benzene rings is 1. The average molecular weight is 457 g/mol.